The molecule has 3 aromatic carbocycles. The van der Waals surface area contributed by atoms with Gasteiger partial charge in [0.1, 0.15) is 5.01 Å². The van der Waals surface area contributed by atoms with Crippen molar-refractivity contribution in [2.75, 3.05) is 0 Å². The van der Waals surface area contributed by atoms with Crippen LogP contribution in [0.1, 0.15) is 39.0 Å². The summed E-state index contributed by atoms with van der Waals surface area (Å²) < 4.78 is 40.6. The topological polar surface area (TPSA) is 43.1 Å². The number of hydrogen-bond acceptors (Lipinski definition) is 4. The highest BCUT2D eigenvalue weighted by molar-refractivity contribution is 7.17. The average Bonchev–Trinajstić information content (AvgIpc) is 3.43. The van der Waals surface area contributed by atoms with Crippen LogP contribution in [0.3, 0.4) is 0 Å². The van der Waals surface area contributed by atoms with E-state index in [1.54, 1.807) is 22.7 Å². The zero-order valence-electron chi connectivity index (χ0n) is 17.9. The van der Waals surface area contributed by atoms with Gasteiger partial charge in [-0.05, 0) is 34.9 Å². The van der Waals surface area contributed by atoms with E-state index >= 15 is 0 Å². The van der Waals surface area contributed by atoms with Gasteiger partial charge >= 0.3 is 6.18 Å². The quantitative estimate of drug-likeness (QED) is 0.272. The van der Waals surface area contributed by atoms with Crippen LogP contribution >= 0.6 is 11.3 Å². The molecule has 0 amide bonds. The highest BCUT2D eigenvalue weighted by atomic mass is 32.1. The number of rotatable bonds is 6. The van der Waals surface area contributed by atoms with E-state index in [9.17, 15) is 13.2 Å². The third kappa shape index (κ3) is 4.77. The van der Waals surface area contributed by atoms with Crippen molar-refractivity contribution >= 4 is 28.4 Å². The molecule has 0 saturated heterocycles. The van der Waals surface area contributed by atoms with Gasteiger partial charge in [-0.2, -0.15) is 22.8 Å². The monoisotopic (exact) mass is 476 g/mol. The average molecular weight is 477 g/mol. The predicted molar refractivity (Wildman–Crippen MR) is 127 cm³/mol. The van der Waals surface area contributed by atoms with E-state index in [1.807, 2.05) is 36.4 Å². The van der Waals surface area contributed by atoms with Gasteiger partial charge in [0.15, 0.2) is 5.82 Å². The van der Waals surface area contributed by atoms with Gasteiger partial charge in [0.05, 0.1) is 5.56 Å². The second-order valence-electron chi connectivity index (χ2n) is 7.79. The Bertz CT molecular complexity index is 1380. The molecule has 2 heterocycles. The Morgan fingerprint density at radius 3 is 2.15 bits per heavy atom. The molecule has 0 spiro atoms. The summed E-state index contributed by atoms with van der Waals surface area (Å²) in [7, 11) is 0. The molecule has 0 fully saturated rings. The summed E-state index contributed by atoms with van der Waals surface area (Å²) in [6.07, 6.45) is -0.447. The number of fused-ring (bicyclic) bond motifs is 1. The number of benzene rings is 3. The second-order valence-corrected chi connectivity index (χ2v) is 8.77. The van der Waals surface area contributed by atoms with Crippen molar-refractivity contribution in [1.29, 1.82) is 0 Å². The Kier molecular flexibility index (Phi) is 5.98. The van der Waals surface area contributed by atoms with Gasteiger partial charge in [-0.1, -0.05) is 90.2 Å². The molecule has 0 unspecified atom stereocenters. The Labute approximate surface area is 198 Å². The van der Waals surface area contributed by atoms with Crippen LogP contribution in [-0.4, -0.2) is 19.8 Å². The number of nitrogens with zero attached hydrogens (tertiary/aromatic N) is 4. The summed E-state index contributed by atoms with van der Waals surface area (Å²) >= 11 is 1.34. The van der Waals surface area contributed by atoms with Crippen LogP contribution in [0.25, 0.3) is 17.1 Å². The molecule has 0 aliphatic heterocycles. The Hall–Kier alpha value is -3.78. The fourth-order valence-corrected chi connectivity index (χ4v) is 4.59. The van der Waals surface area contributed by atoms with Crippen molar-refractivity contribution < 1.29 is 13.2 Å². The standard InChI is InChI=1S/C26H19F3N4S/c27-26(28,29)21-13-7-8-18(16-21)14-15-24-32-33-23(30-31-25(33)34-24)17-22(19-9-3-1-4-10-19)20-11-5-2-6-12-20/h1-16,22H,17H2/b15-14+. The lowest BCUT2D eigenvalue weighted by atomic mass is 9.88. The zero-order valence-corrected chi connectivity index (χ0v) is 18.7. The van der Waals surface area contributed by atoms with Crippen LogP contribution in [0.2, 0.25) is 0 Å². The number of hydrogen-bond donors (Lipinski definition) is 0. The maximum absolute atomic E-state index is 13.0. The van der Waals surface area contributed by atoms with Crippen LogP contribution in [0.4, 0.5) is 13.2 Å². The summed E-state index contributed by atoms with van der Waals surface area (Å²) in [4.78, 5) is 0.638. The Morgan fingerprint density at radius 2 is 1.50 bits per heavy atom. The SMILES string of the molecule is FC(F)(F)c1cccc(/C=C/c2nn3c(CC(c4ccccc4)c4ccccc4)nnc3s2)c1. The molecule has 0 saturated carbocycles. The van der Waals surface area contributed by atoms with Crippen LogP contribution in [0.5, 0.6) is 0 Å². The minimum Gasteiger partial charge on any atom is -0.187 e. The summed E-state index contributed by atoms with van der Waals surface area (Å²) in [6.45, 7) is 0. The lowest BCUT2D eigenvalue weighted by Crippen LogP contribution is -2.08. The predicted octanol–water partition coefficient (Wildman–Crippen LogP) is 6.75. The highest BCUT2D eigenvalue weighted by Gasteiger charge is 2.30. The smallest absolute Gasteiger partial charge is 0.187 e. The third-order valence-electron chi connectivity index (χ3n) is 5.49. The molecule has 5 rings (SSSR count). The molecule has 0 bridgehead atoms. The maximum atomic E-state index is 13.0. The largest absolute Gasteiger partial charge is 0.416 e. The van der Waals surface area contributed by atoms with Crippen LogP contribution in [0, 0.1) is 0 Å². The van der Waals surface area contributed by atoms with Crippen molar-refractivity contribution in [3.05, 3.63) is 118 Å². The van der Waals surface area contributed by atoms with E-state index in [0.29, 0.717) is 22.0 Å². The minimum atomic E-state index is -4.37. The van der Waals surface area contributed by atoms with Crippen molar-refractivity contribution in [2.24, 2.45) is 0 Å². The molecule has 0 atom stereocenters. The molecule has 0 radical (unpaired) electrons. The molecule has 0 aliphatic rings. The Morgan fingerprint density at radius 1 is 0.824 bits per heavy atom. The van der Waals surface area contributed by atoms with Crippen LogP contribution in [0.15, 0.2) is 84.9 Å². The summed E-state index contributed by atoms with van der Waals surface area (Å²) in [5.74, 6) is 0.809. The number of alkyl halides is 3. The molecule has 2 aromatic heterocycles. The van der Waals surface area contributed by atoms with Gasteiger partial charge in [0.25, 0.3) is 0 Å². The summed E-state index contributed by atoms with van der Waals surface area (Å²) in [6, 6.07) is 25.6. The van der Waals surface area contributed by atoms with Crippen LogP contribution in [-0.2, 0) is 12.6 Å². The Balaban J connectivity index is 1.43. The van der Waals surface area contributed by atoms with E-state index in [2.05, 4.69) is 39.6 Å². The van der Waals surface area contributed by atoms with E-state index in [0.717, 1.165) is 18.0 Å². The molecular formula is C26H19F3N4S. The van der Waals surface area contributed by atoms with Gasteiger partial charge in [0, 0.05) is 12.3 Å². The molecule has 8 heteroatoms. The van der Waals surface area contributed by atoms with Crippen molar-refractivity contribution in [2.45, 2.75) is 18.5 Å². The maximum Gasteiger partial charge on any atom is 0.416 e. The molecule has 0 N–H and O–H groups in total. The summed E-state index contributed by atoms with van der Waals surface area (Å²) in [5.41, 5.74) is 2.12. The summed E-state index contributed by atoms with van der Waals surface area (Å²) in [5, 5.41) is 13.9. The first kappa shape index (κ1) is 22.0. The van der Waals surface area contributed by atoms with Crippen molar-refractivity contribution in [3.8, 4) is 0 Å². The van der Waals surface area contributed by atoms with Crippen LogP contribution < -0.4 is 0 Å². The first-order valence-electron chi connectivity index (χ1n) is 10.6. The molecule has 34 heavy (non-hydrogen) atoms. The normalized spacial score (nSPS) is 12.2. The highest BCUT2D eigenvalue weighted by Crippen LogP contribution is 2.31. The lowest BCUT2D eigenvalue weighted by molar-refractivity contribution is -0.137. The van der Waals surface area contributed by atoms with Gasteiger partial charge in [-0.3, -0.25) is 0 Å². The minimum absolute atomic E-state index is 0.0839. The van der Waals surface area contributed by atoms with Crippen molar-refractivity contribution in [3.63, 3.8) is 0 Å². The molecule has 5 aromatic rings. The second kappa shape index (κ2) is 9.23. The van der Waals surface area contributed by atoms with Gasteiger partial charge in [0.2, 0.25) is 4.96 Å². The van der Waals surface area contributed by atoms with Gasteiger partial charge < -0.3 is 0 Å². The van der Waals surface area contributed by atoms with E-state index in [-0.39, 0.29) is 5.92 Å². The van der Waals surface area contributed by atoms with Gasteiger partial charge in [-0.25, -0.2) is 0 Å². The molecule has 4 nitrogen and oxygen atoms in total. The first-order valence-corrected chi connectivity index (χ1v) is 11.5. The number of aromatic nitrogens is 4. The molecule has 0 aliphatic carbocycles. The fourth-order valence-electron chi connectivity index (χ4n) is 3.83. The molecular weight excluding hydrogens is 457 g/mol. The zero-order chi connectivity index (χ0) is 23.5. The first-order chi connectivity index (χ1) is 16.5. The van der Waals surface area contributed by atoms with Gasteiger partial charge in [-0.15, -0.1) is 10.2 Å². The van der Waals surface area contributed by atoms with E-state index < -0.39 is 11.7 Å². The lowest BCUT2D eigenvalue weighted by Gasteiger charge is -2.16. The molecule has 170 valence electrons. The number of halogens is 3. The fraction of sp³-hybridized carbons (Fsp3) is 0.115. The van der Waals surface area contributed by atoms with E-state index in [1.165, 1.54) is 28.5 Å². The van der Waals surface area contributed by atoms with Crippen molar-refractivity contribution in [1.82, 2.24) is 19.8 Å². The third-order valence-corrected chi connectivity index (χ3v) is 6.36. The van der Waals surface area contributed by atoms with E-state index in [4.69, 9.17) is 0 Å².